The summed E-state index contributed by atoms with van der Waals surface area (Å²) in [6.07, 6.45) is -4.68. The fourth-order valence-corrected chi connectivity index (χ4v) is 0.825. The van der Waals surface area contributed by atoms with Gasteiger partial charge in [0.2, 0.25) is 0 Å². The Labute approximate surface area is 76.7 Å². The zero-order valence-electron chi connectivity index (χ0n) is 6.73. The SMILES string of the molecule is O[B-](O)(O)c1cccc(C(F)(F)F)n1. The molecule has 0 fully saturated rings. The van der Waals surface area contributed by atoms with E-state index in [1.165, 1.54) is 0 Å². The van der Waals surface area contributed by atoms with E-state index >= 15 is 0 Å². The molecule has 3 N–H and O–H groups in total. The van der Waals surface area contributed by atoms with Crippen molar-refractivity contribution >= 4 is 12.3 Å². The molecule has 0 radical (unpaired) electrons. The number of alkyl halides is 3. The van der Waals surface area contributed by atoms with Crippen molar-refractivity contribution in [2.75, 3.05) is 0 Å². The number of nitrogens with zero attached hydrogens (tertiary/aromatic N) is 1. The standard InChI is InChI=1S/C6H6BF3NO3/c8-6(9,10)4-2-1-3-5(11-4)7(12,13)14/h1-3,12-14H/q-1. The zero-order valence-corrected chi connectivity index (χ0v) is 6.73. The molecule has 0 bridgehead atoms. The van der Waals surface area contributed by atoms with E-state index in [-0.39, 0.29) is 0 Å². The van der Waals surface area contributed by atoms with Crippen LogP contribution in [-0.4, -0.2) is 26.8 Å². The van der Waals surface area contributed by atoms with Gasteiger partial charge < -0.3 is 15.1 Å². The topological polar surface area (TPSA) is 73.6 Å². The first kappa shape index (κ1) is 11.0. The molecule has 0 aromatic carbocycles. The lowest BCUT2D eigenvalue weighted by Crippen LogP contribution is -2.51. The molecule has 0 aliphatic carbocycles. The number of hydrogen-bond donors (Lipinski definition) is 3. The zero-order chi connectivity index (χ0) is 11.0. The second-order valence-electron chi connectivity index (χ2n) is 2.68. The Hall–Kier alpha value is -1.12. The summed E-state index contributed by atoms with van der Waals surface area (Å²) in [5.74, 6) is 0. The predicted octanol–water partition coefficient (Wildman–Crippen LogP) is -0.777. The number of aromatic nitrogens is 1. The van der Waals surface area contributed by atoms with E-state index in [9.17, 15) is 13.2 Å². The normalized spacial score (nSPS) is 13.0. The number of pyridine rings is 1. The van der Waals surface area contributed by atoms with Crippen LogP contribution in [0.2, 0.25) is 0 Å². The van der Waals surface area contributed by atoms with Gasteiger partial charge in [0.1, 0.15) is 5.69 Å². The van der Waals surface area contributed by atoms with Crippen molar-refractivity contribution in [3.8, 4) is 0 Å². The second-order valence-corrected chi connectivity index (χ2v) is 2.68. The lowest BCUT2D eigenvalue weighted by Gasteiger charge is -2.20. The van der Waals surface area contributed by atoms with Crippen LogP contribution in [0.15, 0.2) is 18.2 Å². The van der Waals surface area contributed by atoms with Crippen molar-refractivity contribution in [1.29, 1.82) is 0 Å². The van der Waals surface area contributed by atoms with Crippen molar-refractivity contribution in [2.45, 2.75) is 6.18 Å². The van der Waals surface area contributed by atoms with E-state index in [2.05, 4.69) is 4.98 Å². The van der Waals surface area contributed by atoms with E-state index in [1.54, 1.807) is 0 Å². The van der Waals surface area contributed by atoms with Gasteiger partial charge in [0.05, 0.1) is 0 Å². The van der Waals surface area contributed by atoms with Gasteiger partial charge in [-0.3, -0.25) is 4.98 Å². The molecule has 1 aromatic heterocycles. The molecule has 0 aliphatic heterocycles. The lowest BCUT2D eigenvalue weighted by molar-refractivity contribution is -0.141. The summed E-state index contributed by atoms with van der Waals surface area (Å²) >= 11 is 0. The average Bonchev–Trinajstić information content (AvgIpc) is 2.01. The smallest absolute Gasteiger partial charge is 0.433 e. The van der Waals surface area contributed by atoms with Gasteiger partial charge in [-0.1, -0.05) is 12.1 Å². The molecule has 0 aliphatic rings. The van der Waals surface area contributed by atoms with Gasteiger partial charge in [0.15, 0.2) is 0 Å². The van der Waals surface area contributed by atoms with Crippen LogP contribution in [0.4, 0.5) is 13.2 Å². The van der Waals surface area contributed by atoms with Crippen LogP contribution < -0.4 is 5.59 Å². The first-order chi connectivity index (χ1) is 6.21. The highest BCUT2D eigenvalue weighted by Gasteiger charge is 2.33. The van der Waals surface area contributed by atoms with E-state index < -0.39 is 24.2 Å². The maximum atomic E-state index is 12.1. The Kier molecular flexibility index (Phi) is 2.53. The summed E-state index contributed by atoms with van der Waals surface area (Å²) in [6.45, 7) is -3.99. The summed E-state index contributed by atoms with van der Waals surface area (Å²) in [6, 6.07) is 2.46. The van der Waals surface area contributed by atoms with Gasteiger partial charge in [-0.25, -0.2) is 0 Å². The first-order valence-electron chi connectivity index (χ1n) is 3.57. The van der Waals surface area contributed by atoms with Crippen LogP contribution in [0.1, 0.15) is 5.69 Å². The molecule has 4 nitrogen and oxygen atoms in total. The summed E-state index contributed by atoms with van der Waals surface area (Å²) in [4.78, 5) is 2.87. The largest absolute Gasteiger partial charge is 0.555 e. The molecule has 0 saturated carbocycles. The number of halogens is 3. The third-order valence-electron chi connectivity index (χ3n) is 1.46. The van der Waals surface area contributed by atoms with Gasteiger partial charge >= 0.3 is 12.9 Å². The molecule has 0 unspecified atom stereocenters. The monoisotopic (exact) mass is 208 g/mol. The van der Waals surface area contributed by atoms with Crippen LogP contribution in [0, 0.1) is 0 Å². The molecule has 1 heterocycles. The average molecular weight is 208 g/mol. The number of rotatable bonds is 1. The summed E-state index contributed by atoms with van der Waals surface area (Å²) in [5, 5.41) is 25.9. The lowest BCUT2D eigenvalue weighted by atomic mass is 9.75. The van der Waals surface area contributed by atoms with Gasteiger partial charge in [-0.15, -0.1) is 0 Å². The quantitative estimate of drug-likeness (QED) is 0.529. The Bertz CT molecular complexity index is 307. The highest BCUT2D eigenvalue weighted by atomic mass is 19.4. The maximum Gasteiger partial charge on any atom is 0.433 e. The van der Waals surface area contributed by atoms with Crippen LogP contribution in [0.25, 0.3) is 0 Å². The van der Waals surface area contributed by atoms with E-state index in [0.717, 1.165) is 12.1 Å². The number of hydrogen-bond acceptors (Lipinski definition) is 4. The third kappa shape index (κ3) is 2.44. The molecular formula is C6H6BF3NO3-. The van der Waals surface area contributed by atoms with Crippen molar-refractivity contribution < 1.29 is 28.2 Å². The molecule has 8 heteroatoms. The molecule has 0 atom stereocenters. The van der Waals surface area contributed by atoms with Crippen molar-refractivity contribution in [2.24, 2.45) is 0 Å². The molecule has 14 heavy (non-hydrogen) atoms. The summed E-state index contributed by atoms with van der Waals surface area (Å²) < 4.78 is 36.2. The van der Waals surface area contributed by atoms with Crippen LogP contribution in [-0.2, 0) is 6.18 Å². The minimum atomic E-state index is -4.68. The summed E-state index contributed by atoms with van der Waals surface area (Å²) in [7, 11) is 0. The second kappa shape index (κ2) is 3.23. The van der Waals surface area contributed by atoms with Crippen molar-refractivity contribution in [1.82, 2.24) is 4.98 Å². The molecule has 1 rings (SSSR count). The summed E-state index contributed by atoms with van der Waals surface area (Å²) in [5.41, 5.74) is -2.11. The highest BCUT2D eigenvalue weighted by Crippen LogP contribution is 2.26. The van der Waals surface area contributed by atoms with Gasteiger partial charge in [-0.05, 0) is 11.7 Å². The van der Waals surface area contributed by atoms with E-state index in [4.69, 9.17) is 15.1 Å². The minimum Gasteiger partial charge on any atom is -0.555 e. The van der Waals surface area contributed by atoms with Crippen LogP contribution in [0.5, 0.6) is 0 Å². The van der Waals surface area contributed by atoms with Crippen molar-refractivity contribution in [3.05, 3.63) is 23.9 Å². The third-order valence-corrected chi connectivity index (χ3v) is 1.46. The van der Waals surface area contributed by atoms with Crippen LogP contribution >= 0.6 is 0 Å². The van der Waals surface area contributed by atoms with Crippen LogP contribution in [0.3, 0.4) is 0 Å². The maximum absolute atomic E-state index is 12.1. The predicted molar refractivity (Wildman–Crippen MR) is 41.3 cm³/mol. The first-order valence-corrected chi connectivity index (χ1v) is 3.57. The minimum absolute atomic E-state index is 0.658. The van der Waals surface area contributed by atoms with E-state index in [1.807, 2.05) is 0 Å². The Balaban J connectivity index is 3.15. The fraction of sp³-hybridized carbons (Fsp3) is 0.167. The fourth-order valence-electron chi connectivity index (χ4n) is 0.825. The molecule has 0 amide bonds. The molecule has 78 valence electrons. The molecule has 0 spiro atoms. The Morgan fingerprint density at radius 2 is 1.71 bits per heavy atom. The Morgan fingerprint density at radius 1 is 1.14 bits per heavy atom. The van der Waals surface area contributed by atoms with E-state index in [0.29, 0.717) is 6.07 Å². The molecule has 1 aromatic rings. The van der Waals surface area contributed by atoms with Gasteiger partial charge in [0, 0.05) is 0 Å². The molecular weight excluding hydrogens is 202 g/mol. The van der Waals surface area contributed by atoms with Gasteiger partial charge in [0.25, 0.3) is 0 Å². The molecule has 0 saturated heterocycles. The Morgan fingerprint density at radius 3 is 2.14 bits per heavy atom. The van der Waals surface area contributed by atoms with Gasteiger partial charge in [-0.2, -0.15) is 13.2 Å². The highest BCUT2D eigenvalue weighted by molar-refractivity contribution is 6.70. The van der Waals surface area contributed by atoms with Crippen molar-refractivity contribution in [3.63, 3.8) is 0 Å².